The number of fused-ring (bicyclic) bond motifs is 1. The maximum absolute atomic E-state index is 11.1. The van der Waals surface area contributed by atoms with Crippen molar-refractivity contribution in [1.82, 2.24) is 24.6 Å². The van der Waals surface area contributed by atoms with Gasteiger partial charge in [0.05, 0.1) is 23.1 Å². The molecule has 8 nitrogen and oxygen atoms in total. The molecule has 152 valence electrons. The monoisotopic (exact) mass is 418 g/mol. The Morgan fingerprint density at radius 3 is 2.41 bits per heavy atom. The van der Waals surface area contributed by atoms with Crippen molar-refractivity contribution in [3.05, 3.63) is 78.9 Å². The van der Waals surface area contributed by atoms with Crippen LogP contribution in [-0.4, -0.2) is 43.5 Å². The molecule has 0 unspecified atom stereocenters. The fourth-order valence-corrected chi connectivity index (χ4v) is 3.46. The van der Waals surface area contributed by atoms with Crippen LogP contribution in [0.1, 0.15) is 10.4 Å². The number of carboxylic acid groups (broad SMARTS) is 1. The van der Waals surface area contributed by atoms with Gasteiger partial charge in [0, 0.05) is 35.3 Å². The average Bonchev–Trinajstić information content (AvgIpc) is 3.26. The van der Waals surface area contributed by atoms with Crippen molar-refractivity contribution in [3.8, 4) is 33.6 Å². The second-order valence-corrected chi connectivity index (χ2v) is 7.11. The van der Waals surface area contributed by atoms with Gasteiger partial charge in [-0.3, -0.25) is 9.97 Å². The number of carboxylic acids is 1. The number of carbonyl (C=O) groups is 1. The summed E-state index contributed by atoms with van der Waals surface area (Å²) in [5, 5.41) is 13.5. The third-order valence-electron chi connectivity index (χ3n) is 5.16. The number of pyridine rings is 2. The van der Waals surface area contributed by atoms with E-state index in [0.29, 0.717) is 16.9 Å². The molecule has 1 aromatic carbocycles. The molecule has 0 spiro atoms. The Morgan fingerprint density at radius 1 is 0.969 bits per heavy atom. The molecule has 0 fully saturated rings. The summed E-state index contributed by atoms with van der Waals surface area (Å²) in [5.74, 6) is -0.758. The average molecular weight is 418 g/mol. The van der Waals surface area contributed by atoms with Crippen LogP contribution < -0.4 is 11.2 Å². The number of nitrogens with two attached hydrogens (primary N) is 1. The van der Waals surface area contributed by atoms with Gasteiger partial charge in [-0.1, -0.05) is 18.2 Å². The fraction of sp³-hybridized carbons (Fsp3) is 0. The Kier molecular flexibility index (Phi) is 4.63. The van der Waals surface area contributed by atoms with Crippen molar-refractivity contribution in [2.75, 3.05) is 5.73 Å². The third kappa shape index (κ3) is 3.25. The summed E-state index contributed by atoms with van der Waals surface area (Å²) in [6.45, 7) is 0. The largest absolute Gasteiger partial charge is 0.478 e. The second kappa shape index (κ2) is 7.62. The van der Waals surface area contributed by atoms with Crippen LogP contribution >= 0.6 is 0 Å². The van der Waals surface area contributed by atoms with E-state index >= 15 is 0 Å². The summed E-state index contributed by atoms with van der Waals surface area (Å²) in [4.78, 5) is 24.5. The standard InChI is InChI=1S/C23H15BN6O2/c24-19-20(13-3-5-14(6-4-13)23(31)32)29-22-17(12-28-30(22)21(19)25)15-7-8-18(27-11-15)16-2-1-9-26-10-16/h1-12H,25H2,(H,31,32). The molecule has 0 saturated carbocycles. The minimum absolute atomic E-state index is 0.172. The second-order valence-electron chi connectivity index (χ2n) is 7.11. The van der Waals surface area contributed by atoms with Crippen LogP contribution in [0.5, 0.6) is 0 Å². The number of hydrogen-bond acceptors (Lipinski definition) is 6. The molecule has 0 amide bonds. The highest BCUT2D eigenvalue weighted by Crippen LogP contribution is 2.28. The zero-order chi connectivity index (χ0) is 22.2. The Hall–Kier alpha value is -4.53. The van der Waals surface area contributed by atoms with E-state index in [2.05, 4.69) is 15.1 Å². The van der Waals surface area contributed by atoms with Crippen LogP contribution in [0.3, 0.4) is 0 Å². The van der Waals surface area contributed by atoms with Crippen molar-refractivity contribution in [3.63, 3.8) is 0 Å². The first kappa shape index (κ1) is 19.4. The predicted molar refractivity (Wildman–Crippen MR) is 122 cm³/mol. The molecule has 0 aliphatic rings. The number of benzene rings is 1. The Morgan fingerprint density at radius 2 is 1.75 bits per heavy atom. The molecule has 5 aromatic rings. The van der Waals surface area contributed by atoms with Gasteiger partial charge in [-0.15, -0.1) is 0 Å². The topological polar surface area (TPSA) is 119 Å². The predicted octanol–water partition coefficient (Wildman–Crippen LogP) is 2.59. The Labute approximate surface area is 183 Å². The summed E-state index contributed by atoms with van der Waals surface area (Å²) in [6, 6.07) is 13.9. The Bertz CT molecular complexity index is 1450. The minimum atomic E-state index is -1.01. The van der Waals surface area contributed by atoms with Gasteiger partial charge in [0.25, 0.3) is 0 Å². The molecule has 4 aromatic heterocycles. The molecule has 2 radical (unpaired) electrons. The SMILES string of the molecule is [B]c1c(-c2ccc(C(=O)O)cc2)nc2c(-c3ccc(-c4cccnc4)nc3)cnn2c1N. The van der Waals surface area contributed by atoms with E-state index in [1.54, 1.807) is 36.9 Å². The molecule has 5 rings (SSSR count). The normalized spacial score (nSPS) is 11.0. The summed E-state index contributed by atoms with van der Waals surface area (Å²) in [7, 11) is 6.23. The third-order valence-corrected chi connectivity index (χ3v) is 5.16. The maximum atomic E-state index is 11.1. The molecule has 0 saturated heterocycles. The molecule has 0 aliphatic carbocycles. The van der Waals surface area contributed by atoms with E-state index in [0.717, 1.165) is 22.4 Å². The van der Waals surface area contributed by atoms with E-state index in [1.807, 2.05) is 24.3 Å². The lowest BCUT2D eigenvalue weighted by molar-refractivity contribution is 0.0697. The molecular weight excluding hydrogens is 403 g/mol. The number of nitrogens with zero attached hydrogens (tertiary/aromatic N) is 5. The van der Waals surface area contributed by atoms with Crippen LogP contribution in [0, 0.1) is 0 Å². The fourth-order valence-electron chi connectivity index (χ4n) is 3.46. The highest BCUT2D eigenvalue weighted by atomic mass is 16.4. The van der Waals surface area contributed by atoms with E-state index < -0.39 is 5.97 Å². The van der Waals surface area contributed by atoms with Gasteiger partial charge in [-0.2, -0.15) is 9.61 Å². The maximum Gasteiger partial charge on any atom is 0.335 e. The first-order valence-electron chi connectivity index (χ1n) is 9.66. The van der Waals surface area contributed by atoms with E-state index in [9.17, 15) is 4.79 Å². The molecule has 0 aliphatic heterocycles. The van der Waals surface area contributed by atoms with Gasteiger partial charge in [0.1, 0.15) is 13.7 Å². The smallest absolute Gasteiger partial charge is 0.335 e. The lowest BCUT2D eigenvalue weighted by atomic mass is 9.91. The highest BCUT2D eigenvalue weighted by molar-refractivity contribution is 6.38. The summed E-state index contributed by atoms with van der Waals surface area (Å²) >= 11 is 0. The van der Waals surface area contributed by atoms with Gasteiger partial charge < -0.3 is 10.8 Å². The van der Waals surface area contributed by atoms with Crippen molar-refractivity contribution in [2.24, 2.45) is 0 Å². The van der Waals surface area contributed by atoms with E-state index in [4.69, 9.17) is 23.7 Å². The van der Waals surface area contributed by atoms with Gasteiger partial charge in [-0.25, -0.2) is 9.78 Å². The van der Waals surface area contributed by atoms with Crippen molar-refractivity contribution < 1.29 is 9.90 Å². The first-order valence-corrected chi connectivity index (χ1v) is 9.66. The zero-order valence-corrected chi connectivity index (χ0v) is 16.7. The molecular formula is C23H15BN6O2. The van der Waals surface area contributed by atoms with Crippen molar-refractivity contribution >= 4 is 30.7 Å². The van der Waals surface area contributed by atoms with Crippen LogP contribution in [0.25, 0.3) is 39.3 Å². The van der Waals surface area contributed by atoms with Crippen molar-refractivity contribution in [1.29, 1.82) is 0 Å². The molecule has 4 heterocycles. The zero-order valence-electron chi connectivity index (χ0n) is 16.7. The number of anilines is 1. The molecule has 3 N–H and O–H groups in total. The molecule has 0 atom stereocenters. The molecule has 32 heavy (non-hydrogen) atoms. The van der Waals surface area contributed by atoms with Crippen LogP contribution in [-0.2, 0) is 0 Å². The number of nitrogen functional groups attached to an aromatic ring is 1. The van der Waals surface area contributed by atoms with E-state index in [-0.39, 0.29) is 16.8 Å². The highest BCUT2D eigenvalue weighted by Gasteiger charge is 2.17. The molecule has 9 heteroatoms. The Balaban J connectivity index is 1.60. The van der Waals surface area contributed by atoms with Crippen LogP contribution in [0.15, 0.2) is 73.3 Å². The number of rotatable bonds is 4. The summed E-state index contributed by atoms with van der Waals surface area (Å²) in [6.07, 6.45) is 6.88. The summed E-state index contributed by atoms with van der Waals surface area (Å²) < 4.78 is 1.48. The summed E-state index contributed by atoms with van der Waals surface area (Å²) in [5.41, 5.74) is 11.6. The van der Waals surface area contributed by atoms with Crippen molar-refractivity contribution in [2.45, 2.75) is 0 Å². The molecule has 0 bridgehead atoms. The van der Waals surface area contributed by atoms with Crippen LogP contribution in [0.4, 0.5) is 5.82 Å². The lowest BCUT2D eigenvalue weighted by Gasteiger charge is -2.11. The number of aromatic carboxylic acids is 1. The van der Waals surface area contributed by atoms with Gasteiger partial charge in [0.2, 0.25) is 0 Å². The lowest BCUT2D eigenvalue weighted by Crippen LogP contribution is -2.20. The number of hydrogen-bond donors (Lipinski definition) is 2. The van der Waals surface area contributed by atoms with Gasteiger partial charge in [0.15, 0.2) is 5.65 Å². The van der Waals surface area contributed by atoms with Crippen LogP contribution in [0.2, 0.25) is 0 Å². The van der Waals surface area contributed by atoms with E-state index in [1.165, 1.54) is 16.6 Å². The quantitative estimate of drug-likeness (QED) is 0.431. The van der Waals surface area contributed by atoms with Gasteiger partial charge >= 0.3 is 5.97 Å². The minimum Gasteiger partial charge on any atom is -0.478 e. The van der Waals surface area contributed by atoms with Gasteiger partial charge in [-0.05, 0) is 41.4 Å². The first-order chi connectivity index (χ1) is 15.5. The number of aromatic nitrogens is 5.